The van der Waals surface area contributed by atoms with E-state index in [1.165, 1.54) is 51.6 Å². The van der Waals surface area contributed by atoms with Gasteiger partial charge in [-0.05, 0) is 37.8 Å². The average molecular weight is 211 g/mol. The van der Waals surface area contributed by atoms with E-state index in [-0.39, 0.29) is 0 Å². The second-order valence-corrected chi connectivity index (χ2v) is 5.56. The molecule has 1 aliphatic carbocycles. The molecule has 0 radical (unpaired) electrons. The fraction of sp³-hybridized carbons (Fsp3) is 1.00. The monoisotopic (exact) mass is 211 g/mol. The molecule has 2 unspecified atom stereocenters. The van der Waals surface area contributed by atoms with Crippen LogP contribution in [-0.4, -0.2) is 36.8 Å². The van der Waals surface area contributed by atoms with E-state index in [1.807, 2.05) is 0 Å². The maximum atomic E-state index is 9.61. The lowest BCUT2D eigenvalue weighted by Gasteiger charge is -2.33. The first kappa shape index (κ1) is 11.4. The molecule has 2 nitrogen and oxygen atoms in total. The molecule has 1 saturated carbocycles. The van der Waals surface area contributed by atoms with Gasteiger partial charge >= 0.3 is 0 Å². The molecule has 0 aromatic heterocycles. The van der Waals surface area contributed by atoms with Crippen LogP contribution in [0.4, 0.5) is 0 Å². The van der Waals surface area contributed by atoms with Gasteiger partial charge in [0.15, 0.2) is 0 Å². The Labute approximate surface area is 93.7 Å². The van der Waals surface area contributed by atoms with Gasteiger partial charge < -0.3 is 10.0 Å². The van der Waals surface area contributed by atoms with Crippen LogP contribution in [0.5, 0.6) is 0 Å². The van der Waals surface area contributed by atoms with E-state index in [0.717, 1.165) is 11.8 Å². The Balaban J connectivity index is 1.90. The minimum absolute atomic E-state index is 0.420. The molecule has 2 aliphatic rings. The van der Waals surface area contributed by atoms with Crippen LogP contribution in [0.1, 0.15) is 38.5 Å². The van der Waals surface area contributed by atoms with Crippen LogP contribution in [0, 0.1) is 17.8 Å². The van der Waals surface area contributed by atoms with Crippen LogP contribution < -0.4 is 0 Å². The average Bonchev–Trinajstić information content (AvgIpc) is 2.68. The number of nitrogens with zero attached hydrogens (tertiary/aromatic N) is 1. The molecule has 1 aliphatic heterocycles. The lowest BCUT2D eigenvalue weighted by Crippen LogP contribution is -2.30. The van der Waals surface area contributed by atoms with Crippen LogP contribution in [-0.2, 0) is 0 Å². The van der Waals surface area contributed by atoms with E-state index in [9.17, 15) is 5.11 Å². The quantitative estimate of drug-likeness (QED) is 0.773. The summed E-state index contributed by atoms with van der Waals surface area (Å²) in [5.41, 5.74) is 0. The highest BCUT2D eigenvalue weighted by Crippen LogP contribution is 2.36. The molecule has 1 heterocycles. The first-order valence-corrected chi connectivity index (χ1v) is 6.60. The van der Waals surface area contributed by atoms with Gasteiger partial charge in [-0.15, -0.1) is 0 Å². The fourth-order valence-electron chi connectivity index (χ4n) is 3.56. The van der Waals surface area contributed by atoms with Crippen LogP contribution in [0.15, 0.2) is 0 Å². The highest BCUT2D eigenvalue weighted by atomic mass is 16.3. The van der Waals surface area contributed by atoms with Gasteiger partial charge in [0.05, 0.1) is 0 Å². The third-order valence-corrected chi connectivity index (χ3v) is 4.50. The van der Waals surface area contributed by atoms with Crippen molar-refractivity contribution < 1.29 is 5.11 Å². The fourth-order valence-corrected chi connectivity index (χ4v) is 3.56. The highest BCUT2D eigenvalue weighted by molar-refractivity contribution is 4.84. The summed E-state index contributed by atoms with van der Waals surface area (Å²) in [5.74, 6) is 2.18. The predicted octanol–water partition coefficient (Wildman–Crippen LogP) is 2.13. The maximum Gasteiger partial charge on any atom is 0.0465 e. The van der Waals surface area contributed by atoms with Gasteiger partial charge in [-0.3, -0.25) is 0 Å². The molecule has 0 aromatic rings. The number of aliphatic hydroxyl groups is 1. The molecule has 2 heteroatoms. The number of hydrogen-bond donors (Lipinski definition) is 1. The zero-order valence-corrected chi connectivity index (χ0v) is 9.99. The molecule has 1 saturated heterocycles. The van der Waals surface area contributed by atoms with Gasteiger partial charge in [0.25, 0.3) is 0 Å². The molecule has 0 amide bonds. The summed E-state index contributed by atoms with van der Waals surface area (Å²) in [6.07, 6.45) is 8.24. The van der Waals surface area contributed by atoms with E-state index < -0.39 is 0 Å². The van der Waals surface area contributed by atoms with Gasteiger partial charge in [-0.25, -0.2) is 0 Å². The van der Waals surface area contributed by atoms with Gasteiger partial charge in [-0.2, -0.15) is 0 Å². The van der Waals surface area contributed by atoms with Crippen molar-refractivity contribution in [2.75, 3.05) is 26.7 Å². The summed E-state index contributed by atoms with van der Waals surface area (Å²) >= 11 is 0. The van der Waals surface area contributed by atoms with E-state index in [4.69, 9.17) is 0 Å². The largest absolute Gasteiger partial charge is 0.396 e. The topological polar surface area (TPSA) is 23.5 Å². The van der Waals surface area contributed by atoms with Gasteiger partial charge in [0.2, 0.25) is 0 Å². The Kier molecular flexibility index (Phi) is 4.04. The summed E-state index contributed by atoms with van der Waals surface area (Å²) in [7, 11) is 2.20. The normalized spacial score (nSPS) is 32.0. The third-order valence-electron chi connectivity index (χ3n) is 4.50. The molecular weight excluding hydrogens is 186 g/mol. The van der Waals surface area contributed by atoms with Crippen LogP contribution in [0.3, 0.4) is 0 Å². The molecule has 88 valence electrons. The highest BCUT2D eigenvalue weighted by Gasteiger charge is 2.33. The summed E-state index contributed by atoms with van der Waals surface area (Å²) in [5, 5.41) is 9.61. The number of rotatable bonds is 3. The molecule has 2 atom stereocenters. The predicted molar refractivity (Wildman–Crippen MR) is 62.8 cm³/mol. The first-order chi connectivity index (χ1) is 7.31. The summed E-state index contributed by atoms with van der Waals surface area (Å²) in [6, 6.07) is 0. The van der Waals surface area contributed by atoms with Crippen LogP contribution >= 0.6 is 0 Å². The molecule has 0 aromatic carbocycles. The number of hydrogen-bond acceptors (Lipinski definition) is 2. The van der Waals surface area contributed by atoms with Gasteiger partial charge in [-0.1, -0.05) is 32.1 Å². The zero-order chi connectivity index (χ0) is 10.7. The smallest absolute Gasteiger partial charge is 0.0465 e. The Morgan fingerprint density at radius 2 is 1.87 bits per heavy atom. The SMILES string of the molecule is CN1CCC(C(CO)C2CCCCC2)C1. The van der Waals surface area contributed by atoms with E-state index in [2.05, 4.69) is 11.9 Å². The molecule has 1 N–H and O–H groups in total. The second-order valence-electron chi connectivity index (χ2n) is 5.56. The lowest BCUT2D eigenvalue weighted by atomic mass is 9.74. The van der Waals surface area contributed by atoms with Crippen LogP contribution in [0.2, 0.25) is 0 Å². The van der Waals surface area contributed by atoms with Crippen molar-refractivity contribution in [3.63, 3.8) is 0 Å². The van der Waals surface area contributed by atoms with E-state index >= 15 is 0 Å². The van der Waals surface area contributed by atoms with Gasteiger partial charge in [0.1, 0.15) is 0 Å². The Hall–Kier alpha value is -0.0800. The first-order valence-electron chi connectivity index (χ1n) is 6.60. The molecule has 0 spiro atoms. The van der Waals surface area contributed by atoms with Crippen molar-refractivity contribution in [1.82, 2.24) is 4.90 Å². The number of likely N-dealkylation sites (tertiary alicyclic amines) is 1. The van der Waals surface area contributed by atoms with Crippen molar-refractivity contribution in [3.8, 4) is 0 Å². The van der Waals surface area contributed by atoms with Crippen molar-refractivity contribution in [1.29, 1.82) is 0 Å². The van der Waals surface area contributed by atoms with Crippen molar-refractivity contribution in [2.45, 2.75) is 38.5 Å². The molecule has 0 bridgehead atoms. The second kappa shape index (κ2) is 5.31. The Morgan fingerprint density at radius 1 is 1.13 bits per heavy atom. The molecule has 2 fully saturated rings. The van der Waals surface area contributed by atoms with Crippen molar-refractivity contribution >= 4 is 0 Å². The Bertz CT molecular complexity index is 184. The van der Waals surface area contributed by atoms with Crippen molar-refractivity contribution in [3.05, 3.63) is 0 Å². The molecule has 15 heavy (non-hydrogen) atoms. The molecule has 2 rings (SSSR count). The minimum Gasteiger partial charge on any atom is -0.396 e. The van der Waals surface area contributed by atoms with E-state index in [0.29, 0.717) is 12.5 Å². The standard InChI is InChI=1S/C13H25NO/c1-14-8-7-12(9-14)13(10-15)11-5-3-2-4-6-11/h11-13,15H,2-10H2,1H3. The lowest BCUT2D eigenvalue weighted by molar-refractivity contribution is 0.100. The Morgan fingerprint density at radius 3 is 2.40 bits per heavy atom. The maximum absolute atomic E-state index is 9.61. The van der Waals surface area contributed by atoms with Crippen molar-refractivity contribution in [2.24, 2.45) is 17.8 Å². The summed E-state index contributed by atoms with van der Waals surface area (Å²) < 4.78 is 0. The molecular formula is C13H25NO. The van der Waals surface area contributed by atoms with E-state index in [1.54, 1.807) is 0 Å². The third kappa shape index (κ3) is 2.73. The zero-order valence-electron chi connectivity index (χ0n) is 9.99. The van der Waals surface area contributed by atoms with Gasteiger partial charge in [0, 0.05) is 13.2 Å². The summed E-state index contributed by atoms with van der Waals surface area (Å²) in [4.78, 5) is 2.41. The summed E-state index contributed by atoms with van der Waals surface area (Å²) in [6.45, 7) is 2.86. The minimum atomic E-state index is 0.420. The number of aliphatic hydroxyl groups excluding tert-OH is 1. The van der Waals surface area contributed by atoms with Crippen LogP contribution in [0.25, 0.3) is 0 Å².